The molecular weight excluding hydrogens is 607 g/mol. The summed E-state index contributed by atoms with van der Waals surface area (Å²) in [5.41, 5.74) is 3.13. The first-order chi connectivity index (χ1) is 20.6. The molecule has 0 saturated heterocycles. The predicted molar refractivity (Wildman–Crippen MR) is 171 cm³/mol. The molecule has 2 heterocycles. The van der Waals surface area contributed by atoms with Gasteiger partial charge in [0.05, 0.1) is 34.2 Å². The van der Waals surface area contributed by atoms with E-state index in [9.17, 15) is 13.2 Å². The molecule has 1 spiro atoms. The van der Waals surface area contributed by atoms with Crippen molar-refractivity contribution in [1.29, 1.82) is 0 Å². The average Bonchev–Trinajstić information content (AvgIpc) is 3.10. The van der Waals surface area contributed by atoms with Gasteiger partial charge in [-0.25, -0.2) is 13.1 Å². The van der Waals surface area contributed by atoms with Crippen molar-refractivity contribution in [1.82, 2.24) is 4.72 Å². The number of allylic oxidation sites excluding steroid dienone is 1. The SMILES string of the molecule is CC[C@@H]1CC/C=C/[C@H](OC)[C@@H]2CCC2CN2C[C@@]3(CCCc4cc(Cl)ccc43)COc3cc(Cl)c(cc32)C(=O)NS1(=O)=O. The summed E-state index contributed by atoms with van der Waals surface area (Å²) in [4.78, 5) is 15.9. The standard InChI is InChI=1S/C33H40Cl2N2O5S/c1-3-24-8-4-5-9-30(41-2)25-12-10-22(25)18-37-19-33(14-6-7-21-15-23(34)11-13-27(21)33)20-42-31-17-28(35)26(16-29(31)37)32(38)36-43(24,39)40/h5,9,11,13,15-17,22,24-25,30H,3-4,6-8,10,12,14,18-20H2,1-2H3,(H,36,38)/b9-5+/t22?,24-,25-,30+,33+/m1/s1. The number of benzene rings is 2. The summed E-state index contributed by atoms with van der Waals surface area (Å²) in [7, 11) is -2.17. The number of ether oxygens (including phenoxy) is 2. The number of halogens is 2. The minimum Gasteiger partial charge on any atom is -0.490 e. The molecule has 10 heteroatoms. The molecule has 2 aromatic rings. The quantitative estimate of drug-likeness (QED) is 0.366. The Kier molecular flexibility index (Phi) is 8.77. The molecule has 2 aromatic carbocycles. The number of aryl methyl sites for hydroxylation is 1. The van der Waals surface area contributed by atoms with Crippen LogP contribution in [-0.2, 0) is 26.6 Å². The third kappa shape index (κ3) is 5.92. The summed E-state index contributed by atoms with van der Waals surface area (Å²) in [5.74, 6) is 0.617. The smallest absolute Gasteiger partial charge is 0.266 e. The summed E-state index contributed by atoms with van der Waals surface area (Å²) in [6, 6.07) is 9.58. The third-order valence-corrected chi connectivity index (χ3v) is 12.6. The fourth-order valence-electron chi connectivity index (χ4n) is 7.60. The lowest BCUT2D eigenvalue weighted by molar-refractivity contribution is 0.0132. The number of carbonyl (C=O) groups is 1. The lowest BCUT2D eigenvalue weighted by atomic mass is 9.68. The van der Waals surface area contributed by atoms with Crippen molar-refractivity contribution in [2.45, 2.75) is 75.1 Å². The van der Waals surface area contributed by atoms with Gasteiger partial charge in [-0.2, -0.15) is 0 Å². The Morgan fingerprint density at radius 2 is 2.00 bits per heavy atom. The van der Waals surface area contributed by atoms with Gasteiger partial charge in [-0.1, -0.05) is 48.3 Å². The Bertz CT molecular complexity index is 1530. The third-order valence-electron chi connectivity index (χ3n) is 10.1. The minimum absolute atomic E-state index is 0.0435. The molecule has 4 aliphatic rings. The molecule has 2 aliphatic heterocycles. The zero-order valence-electron chi connectivity index (χ0n) is 24.8. The van der Waals surface area contributed by atoms with Crippen LogP contribution in [-0.4, -0.2) is 52.5 Å². The molecule has 1 unspecified atom stereocenters. The maximum atomic E-state index is 13.5. The summed E-state index contributed by atoms with van der Waals surface area (Å²) in [5, 5.41) is 0.194. The van der Waals surface area contributed by atoms with Crippen molar-refractivity contribution in [2.24, 2.45) is 11.8 Å². The number of sulfonamides is 1. The van der Waals surface area contributed by atoms with Gasteiger partial charge in [0.15, 0.2) is 0 Å². The molecule has 6 rings (SSSR count). The molecule has 2 aliphatic carbocycles. The first kappa shape index (κ1) is 30.8. The van der Waals surface area contributed by atoms with Crippen molar-refractivity contribution in [2.75, 3.05) is 31.7 Å². The molecule has 5 atom stereocenters. The van der Waals surface area contributed by atoms with Gasteiger partial charge in [0, 0.05) is 36.7 Å². The highest BCUT2D eigenvalue weighted by Gasteiger charge is 2.44. The van der Waals surface area contributed by atoms with E-state index in [0.29, 0.717) is 50.0 Å². The Morgan fingerprint density at radius 1 is 1.16 bits per heavy atom. The van der Waals surface area contributed by atoms with E-state index in [4.69, 9.17) is 32.7 Å². The molecule has 1 saturated carbocycles. The van der Waals surface area contributed by atoms with Crippen LogP contribution < -0.4 is 14.4 Å². The van der Waals surface area contributed by atoms with Crippen LogP contribution >= 0.6 is 23.2 Å². The first-order valence-corrected chi connectivity index (χ1v) is 17.7. The van der Waals surface area contributed by atoms with Crippen LogP contribution in [0.5, 0.6) is 5.75 Å². The average molecular weight is 648 g/mol. The number of rotatable bonds is 2. The second-order valence-corrected chi connectivity index (χ2v) is 15.4. The van der Waals surface area contributed by atoms with Crippen molar-refractivity contribution < 1.29 is 22.7 Å². The summed E-state index contributed by atoms with van der Waals surface area (Å²) < 4.78 is 41.4. The van der Waals surface area contributed by atoms with Crippen molar-refractivity contribution in [3.8, 4) is 5.75 Å². The van der Waals surface area contributed by atoms with Crippen LogP contribution in [0.1, 0.15) is 73.4 Å². The van der Waals surface area contributed by atoms with Crippen molar-refractivity contribution >= 4 is 44.8 Å². The number of fused-ring (bicyclic) bond motifs is 4. The van der Waals surface area contributed by atoms with Gasteiger partial charge in [-0.3, -0.25) is 4.79 Å². The zero-order chi connectivity index (χ0) is 30.4. The highest BCUT2D eigenvalue weighted by molar-refractivity contribution is 7.90. The maximum absolute atomic E-state index is 13.5. The summed E-state index contributed by atoms with van der Waals surface area (Å²) in [6.07, 6.45) is 10.6. The summed E-state index contributed by atoms with van der Waals surface area (Å²) >= 11 is 13.1. The summed E-state index contributed by atoms with van der Waals surface area (Å²) in [6.45, 7) is 3.75. The molecular formula is C33H40Cl2N2O5S. The molecule has 43 heavy (non-hydrogen) atoms. The van der Waals surface area contributed by atoms with Crippen LogP contribution in [0.3, 0.4) is 0 Å². The van der Waals surface area contributed by atoms with Gasteiger partial charge in [-0.15, -0.1) is 0 Å². The van der Waals surface area contributed by atoms with Gasteiger partial charge >= 0.3 is 0 Å². The molecule has 1 fully saturated rings. The van der Waals surface area contributed by atoms with E-state index in [-0.39, 0.29) is 22.1 Å². The normalized spacial score (nSPS) is 31.1. The monoisotopic (exact) mass is 646 g/mol. The highest BCUT2D eigenvalue weighted by Crippen LogP contribution is 2.47. The Hall–Kier alpha value is -2.26. The maximum Gasteiger partial charge on any atom is 0.266 e. The zero-order valence-corrected chi connectivity index (χ0v) is 27.1. The van der Waals surface area contributed by atoms with Gasteiger partial charge < -0.3 is 14.4 Å². The fourth-order valence-corrected chi connectivity index (χ4v) is 9.45. The van der Waals surface area contributed by atoms with Crippen LogP contribution in [0.4, 0.5) is 5.69 Å². The minimum atomic E-state index is -3.92. The highest BCUT2D eigenvalue weighted by atomic mass is 35.5. The fraction of sp³-hybridized carbons (Fsp3) is 0.545. The van der Waals surface area contributed by atoms with Gasteiger partial charge in [0.1, 0.15) is 5.75 Å². The van der Waals surface area contributed by atoms with E-state index >= 15 is 0 Å². The number of nitrogens with one attached hydrogen (secondary N) is 1. The number of methoxy groups -OCH3 is 1. The van der Waals surface area contributed by atoms with E-state index in [2.05, 4.69) is 27.8 Å². The van der Waals surface area contributed by atoms with Crippen molar-refractivity contribution in [3.05, 3.63) is 69.2 Å². The second kappa shape index (κ2) is 12.3. The Balaban J connectivity index is 1.45. The van der Waals surface area contributed by atoms with E-state index in [0.717, 1.165) is 49.4 Å². The Labute approximate surface area is 265 Å². The molecule has 232 valence electrons. The molecule has 7 nitrogen and oxygen atoms in total. The van der Waals surface area contributed by atoms with E-state index < -0.39 is 21.2 Å². The molecule has 1 N–H and O–H groups in total. The molecule has 1 amide bonds. The lowest BCUT2D eigenvalue weighted by Gasteiger charge is -2.46. The van der Waals surface area contributed by atoms with Crippen LogP contribution in [0.25, 0.3) is 0 Å². The van der Waals surface area contributed by atoms with E-state index in [1.54, 1.807) is 19.2 Å². The number of nitrogens with zero attached hydrogens (tertiary/aromatic N) is 1. The van der Waals surface area contributed by atoms with E-state index in [1.165, 1.54) is 11.1 Å². The number of amides is 1. The largest absolute Gasteiger partial charge is 0.490 e. The molecule has 0 radical (unpaired) electrons. The molecule has 2 bridgehead atoms. The van der Waals surface area contributed by atoms with Crippen LogP contribution in [0, 0.1) is 11.8 Å². The number of hydrogen-bond acceptors (Lipinski definition) is 6. The lowest BCUT2D eigenvalue weighted by Crippen LogP contribution is -2.49. The second-order valence-electron chi connectivity index (χ2n) is 12.6. The predicted octanol–water partition coefficient (Wildman–Crippen LogP) is 6.70. The van der Waals surface area contributed by atoms with Crippen LogP contribution in [0.2, 0.25) is 10.0 Å². The topological polar surface area (TPSA) is 84.9 Å². The van der Waals surface area contributed by atoms with E-state index in [1.807, 2.05) is 19.1 Å². The first-order valence-electron chi connectivity index (χ1n) is 15.4. The molecule has 0 aromatic heterocycles. The van der Waals surface area contributed by atoms with Crippen LogP contribution in [0.15, 0.2) is 42.5 Å². The number of carbonyl (C=O) groups excluding carboxylic acids is 1. The van der Waals surface area contributed by atoms with Gasteiger partial charge in [0.25, 0.3) is 5.91 Å². The number of anilines is 1. The Morgan fingerprint density at radius 3 is 2.74 bits per heavy atom. The van der Waals surface area contributed by atoms with Gasteiger partial charge in [0.2, 0.25) is 10.0 Å². The number of hydrogen-bond donors (Lipinski definition) is 1. The van der Waals surface area contributed by atoms with Crippen molar-refractivity contribution in [3.63, 3.8) is 0 Å². The van der Waals surface area contributed by atoms with Gasteiger partial charge in [-0.05, 0) is 92.5 Å².